The lowest BCUT2D eigenvalue weighted by Gasteiger charge is -2.26. The molecule has 1 N–H and O–H groups in total. The van der Waals surface area contributed by atoms with Crippen molar-refractivity contribution in [3.63, 3.8) is 0 Å². The van der Waals surface area contributed by atoms with Gasteiger partial charge in [0.25, 0.3) is 0 Å². The van der Waals surface area contributed by atoms with Gasteiger partial charge in [-0.1, -0.05) is 12.5 Å². The van der Waals surface area contributed by atoms with Gasteiger partial charge in [-0.2, -0.15) is 4.31 Å². The number of anilines is 1. The maximum absolute atomic E-state index is 13.1. The van der Waals surface area contributed by atoms with Crippen molar-refractivity contribution >= 4 is 27.7 Å². The van der Waals surface area contributed by atoms with Gasteiger partial charge in [0.05, 0.1) is 13.7 Å². The van der Waals surface area contributed by atoms with E-state index in [2.05, 4.69) is 5.32 Å². The van der Waals surface area contributed by atoms with E-state index < -0.39 is 10.0 Å². The number of sulfonamides is 1. The van der Waals surface area contributed by atoms with Crippen LogP contribution >= 0.6 is 0 Å². The standard InChI is InChI=1S/C23H28N2O5S/c1-3-30-20-11-9-19(10-12-20)24-23(26)14-8-18-7-13-21(29-2)22(17-18)31(27,28)25-15-5-4-6-16-25/h7-14,17H,3-6,15-16H2,1-2H3,(H,24,26)/b14-8+. The third-order valence-corrected chi connectivity index (χ3v) is 6.90. The zero-order valence-corrected chi connectivity index (χ0v) is 18.7. The second-order valence-corrected chi connectivity index (χ2v) is 9.06. The number of methoxy groups -OCH3 is 1. The summed E-state index contributed by atoms with van der Waals surface area (Å²) in [5.41, 5.74) is 1.24. The van der Waals surface area contributed by atoms with Gasteiger partial charge in [-0.15, -0.1) is 0 Å². The number of ether oxygens (including phenoxy) is 2. The molecule has 0 bridgehead atoms. The summed E-state index contributed by atoms with van der Waals surface area (Å²) in [6.07, 6.45) is 5.70. The van der Waals surface area contributed by atoms with Gasteiger partial charge in [0.1, 0.15) is 16.4 Å². The highest BCUT2D eigenvalue weighted by Crippen LogP contribution is 2.30. The molecule has 0 spiro atoms. The molecule has 1 amide bonds. The van der Waals surface area contributed by atoms with Gasteiger partial charge >= 0.3 is 0 Å². The van der Waals surface area contributed by atoms with Crippen LogP contribution in [0.25, 0.3) is 6.08 Å². The van der Waals surface area contributed by atoms with Crippen LogP contribution in [0.3, 0.4) is 0 Å². The molecule has 2 aromatic rings. The van der Waals surface area contributed by atoms with E-state index in [9.17, 15) is 13.2 Å². The predicted octanol–water partition coefficient (Wildman–Crippen LogP) is 3.92. The number of amides is 1. The molecule has 166 valence electrons. The molecule has 0 aliphatic carbocycles. The van der Waals surface area contributed by atoms with E-state index in [0.29, 0.717) is 36.7 Å². The molecule has 0 unspecified atom stereocenters. The van der Waals surface area contributed by atoms with Gasteiger partial charge < -0.3 is 14.8 Å². The van der Waals surface area contributed by atoms with Gasteiger partial charge in [0, 0.05) is 24.9 Å². The fourth-order valence-corrected chi connectivity index (χ4v) is 5.11. The van der Waals surface area contributed by atoms with E-state index >= 15 is 0 Å². The first-order valence-corrected chi connectivity index (χ1v) is 11.8. The largest absolute Gasteiger partial charge is 0.495 e. The number of nitrogens with one attached hydrogen (secondary N) is 1. The first-order valence-electron chi connectivity index (χ1n) is 10.3. The van der Waals surface area contributed by atoms with Crippen molar-refractivity contribution in [2.45, 2.75) is 31.1 Å². The van der Waals surface area contributed by atoms with Crippen molar-refractivity contribution in [1.82, 2.24) is 4.31 Å². The minimum absolute atomic E-state index is 0.117. The summed E-state index contributed by atoms with van der Waals surface area (Å²) >= 11 is 0. The molecule has 0 aromatic heterocycles. The molecule has 1 aliphatic heterocycles. The molecule has 1 fully saturated rings. The summed E-state index contributed by atoms with van der Waals surface area (Å²) < 4.78 is 38.4. The average molecular weight is 445 g/mol. The second-order valence-electron chi connectivity index (χ2n) is 7.16. The Morgan fingerprint density at radius 1 is 1.10 bits per heavy atom. The molecule has 7 nitrogen and oxygen atoms in total. The molecule has 1 saturated heterocycles. The van der Waals surface area contributed by atoms with Crippen LogP contribution in [0, 0.1) is 0 Å². The molecular formula is C23H28N2O5S. The monoisotopic (exact) mass is 444 g/mol. The van der Waals surface area contributed by atoms with E-state index in [4.69, 9.17) is 9.47 Å². The van der Waals surface area contributed by atoms with E-state index in [1.165, 1.54) is 17.5 Å². The molecule has 2 aromatic carbocycles. The normalized spacial score (nSPS) is 15.0. The van der Waals surface area contributed by atoms with Crippen molar-refractivity contribution < 1.29 is 22.7 Å². The molecule has 1 aliphatic rings. The van der Waals surface area contributed by atoms with Crippen LogP contribution in [0.1, 0.15) is 31.7 Å². The highest BCUT2D eigenvalue weighted by Gasteiger charge is 2.28. The Kier molecular flexibility index (Phi) is 7.70. The summed E-state index contributed by atoms with van der Waals surface area (Å²) in [6, 6.07) is 12.0. The van der Waals surface area contributed by atoms with Gasteiger partial charge in [0.2, 0.25) is 15.9 Å². The zero-order chi connectivity index (χ0) is 22.3. The van der Waals surface area contributed by atoms with Crippen molar-refractivity contribution in [1.29, 1.82) is 0 Å². The van der Waals surface area contributed by atoms with E-state index in [-0.39, 0.29) is 10.8 Å². The fourth-order valence-electron chi connectivity index (χ4n) is 3.40. The maximum atomic E-state index is 13.1. The Morgan fingerprint density at radius 2 is 1.81 bits per heavy atom. The highest BCUT2D eigenvalue weighted by atomic mass is 32.2. The minimum atomic E-state index is -3.66. The third kappa shape index (κ3) is 5.86. The van der Waals surface area contributed by atoms with Crippen LogP contribution in [-0.4, -0.2) is 45.4 Å². The van der Waals surface area contributed by atoms with Crippen molar-refractivity contribution in [2.75, 3.05) is 32.1 Å². The third-order valence-electron chi connectivity index (χ3n) is 4.98. The van der Waals surface area contributed by atoms with Crippen LogP contribution < -0.4 is 14.8 Å². The molecule has 0 saturated carbocycles. The Bertz CT molecular complexity index is 1030. The van der Waals surface area contributed by atoms with Crippen LogP contribution in [0.15, 0.2) is 53.4 Å². The van der Waals surface area contributed by atoms with E-state index in [0.717, 1.165) is 25.0 Å². The van der Waals surface area contributed by atoms with E-state index in [1.807, 2.05) is 6.92 Å². The number of nitrogens with zero attached hydrogens (tertiary/aromatic N) is 1. The number of rotatable bonds is 8. The lowest BCUT2D eigenvalue weighted by Crippen LogP contribution is -2.35. The molecule has 1 heterocycles. The Morgan fingerprint density at radius 3 is 2.45 bits per heavy atom. The van der Waals surface area contributed by atoms with Crippen LogP contribution in [-0.2, 0) is 14.8 Å². The number of hydrogen-bond donors (Lipinski definition) is 1. The van der Waals surface area contributed by atoms with Crippen LogP contribution in [0.2, 0.25) is 0 Å². The molecule has 3 rings (SSSR count). The lowest BCUT2D eigenvalue weighted by atomic mass is 10.2. The molecule has 31 heavy (non-hydrogen) atoms. The Hall–Kier alpha value is -2.84. The van der Waals surface area contributed by atoms with E-state index in [1.54, 1.807) is 48.5 Å². The van der Waals surface area contributed by atoms with Crippen LogP contribution in [0.4, 0.5) is 5.69 Å². The highest BCUT2D eigenvalue weighted by molar-refractivity contribution is 7.89. The predicted molar refractivity (Wildman–Crippen MR) is 121 cm³/mol. The lowest BCUT2D eigenvalue weighted by molar-refractivity contribution is -0.111. The minimum Gasteiger partial charge on any atom is -0.495 e. The molecule has 8 heteroatoms. The summed E-state index contributed by atoms with van der Waals surface area (Å²) in [5, 5.41) is 2.77. The topological polar surface area (TPSA) is 84.9 Å². The maximum Gasteiger partial charge on any atom is 0.248 e. The number of carbonyl (C=O) groups excluding carboxylic acids is 1. The number of hydrogen-bond acceptors (Lipinski definition) is 5. The molecular weight excluding hydrogens is 416 g/mol. The summed E-state index contributed by atoms with van der Waals surface area (Å²) in [4.78, 5) is 12.4. The second kappa shape index (κ2) is 10.5. The summed E-state index contributed by atoms with van der Waals surface area (Å²) in [7, 11) is -2.21. The average Bonchev–Trinajstić information content (AvgIpc) is 2.79. The van der Waals surface area contributed by atoms with Gasteiger partial charge in [-0.3, -0.25) is 4.79 Å². The quantitative estimate of drug-likeness (QED) is 0.624. The number of benzene rings is 2. The Labute approximate surface area is 183 Å². The van der Waals surface area contributed by atoms with Crippen molar-refractivity contribution in [3.05, 3.63) is 54.1 Å². The van der Waals surface area contributed by atoms with Gasteiger partial charge in [-0.05, 0) is 67.8 Å². The smallest absolute Gasteiger partial charge is 0.248 e. The van der Waals surface area contributed by atoms with Crippen molar-refractivity contribution in [2.24, 2.45) is 0 Å². The molecule has 0 radical (unpaired) electrons. The van der Waals surface area contributed by atoms with Crippen molar-refractivity contribution in [3.8, 4) is 11.5 Å². The van der Waals surface area contributed by atoms with Crippen LogP contribution in [0.5, 0.6) is 11.5 Å². The Balaban J connectivity index is 1.74. The number of piperidine rings is 1. The first kappa shape index (κ1) is 22.8. The fraction of sp³-hybridized carbons (Fsp3) is 0.348. The summed E-state index contributed by atoms with van der Waals surface area (Å²) in [5.74, 6) is 0.707. The van der Waals surface area contributed by atoms with Gasteiger partial charge in [0.15, 0.2) is 0 Å². The zero-order valence-electron chi connectivity index (χ0n) is 17.8. The van der Waals surface area contributed by atoms with Gasteiger partial charge in [-0.25, -0.2) is 8.42 Å². The number of carbonyl (C=O) groups is 1. The summed E-state index contributed by atoms with van der Waals surface area (Å²) in [6.45, 7) is 3.50. The molecule has 0 atom stereocenters. The first-order chi connectivity index (χ1) is 14.9. The SMILES string of the molecule is CCOc1ccc(NC(=O)/C=C/c2ccc(OC)c(S(=O)(=O)N3CCCCC3)c2)cc1.